The predicted octanol–water partition coefficient (Wildman–Crippen LogP) is 13.0. The Morgan fingerprint density at radius 2 is 1.21 bits per heavy atom. The highest BCUT2D eigenvalue weighted by Gasteiger charge is 2.26. The SMILES string of the molecule is C#C/C=C\C(=C/C)N(c1ccc(C)cc1)c1sc(-c2sc(N(c3ccc(C)cc3)c3ccc(COCC(C)O)cc3)c3ccccc23)c2ccccc12. The average molecular weight is 731 g/mol. The van der Waals surface area contributed by atoms with Gasteiger partial charge in [0.25, 0.3) is 0 Å². The van der Waals surface area contributed by atoms with Gasteiger partial charge in [-0.15, -0.1) is 29.1 Å². The number of terminal acetylenes is 1. The number of aryl methyl sites for hydroxylation is 2. The van der Waals surface area contributed by atoms with Gasteiger partial charge in [-0.25, -0.2) is 0 Å². The Morgan fingerprint density at radius 3 is 1.74 bits per heavy atom. The number of nitrogens with zero attached hydrogens (tertiary/aromatic N) is 2. The average Bonchev–Trinajstić information content (AvgIpc) is 3.74. The number of hydrogen-bond acceptors (Lipinski definition) is 6. The molecule has 0 bridgehead atoms. The Morgan fingerprint density at radius 1 is 0.717 bits per heavy atom. The van der Waals surface area contributed by atoms with Gasteiger partial charge in [0.15, 0.2) is 0 Å². The van der Waals surface area contributed by atoms with Crippen LogP contribution in [0.2, 0.25) is 0 Å². The molecular weight excluding hydrogens is 689 g/mol. The molecule has 0 saturated carbocycles. The maximum Gasteiger partial charge on any atom is 0.109 e. The van der Waals surface area contributed by atoms with Crippen molar-refractivity contribution in [1.82, 2.24) is 0 Å². The number of allylic oxidation sites excluding steroid dienone is 3. The van der Waals surface area contributed by atoms with Crippen LogP contribution < -0.4 is 9.80 Å². The lowest BCUT2D eigenvalue weighted by atomic mass is 10.1. The van der Waals surface area contributed by atoms with Gasteiger partial charge in [-0.05, 0) is 81.8 Å². The predicted molar refractivity (Wildman–Crippen MR) is 228 cm³/mol. The van der Waals surface area contributed by atoms with Gasteiger partial charge in [0.1, 0.15) is 10.0 Å². The summed E-state index contributed by atoms with van der Waals surface area (Å²) in [6.07, 6.45) is 11.1. The maximum atomic E-state index is 9.66. The van der Waals surface area contributed by atoms with Gasteiger partial charge in [0.05, 0.1) is 29.1 Å². The molecule has 2 heterocycles. The van der Waals surface area contributed by atoms with Crippen LogP contribution in [0.5, 0.6) is 0 Å². The van der Waals surface area contributed by atoms with E-state index in [1.54, 1.807) is 13.0 Å². The minimum Gasteiger partial charge on any atom is -0.391 e. The molecule has 53 heavy (non-hydrogen) atoms. The highest BCUT2D eigenvalue weighted by atomic mass is 32.1. The number of fused-ring (bicyclic) bond motifs is 2. The molecule has 0 amide bonds. The summed E-state index contributed by atoms with van der Waals surface area (Å²) in [5.74, 6) is 2.68. The van der Waals surface area contributed by atoms with E-state index in [1.807, 2.05) is 28.7 Å². The second-order valence-electron chi connectivity index (χ2n) is 13.1. The van der Waals surface area contributed by atoms with E-state index in [-0.39, 0.29) is 0 Å². The quantitative estimate of drug-likeness (QED) is 0.100. The Hall–Kier alpha value is -5.42. The van der Waals surface area contributed by atoms with Crippen LogP contribution in [-0.2, 0) is 11.3 Å². The largest absolute Gasteiger partial charge is 0.391 e. The molecule has 7 aromatic rings. The summed E-state index contributed by atoms with van der Waals surface area (Å²) in [6.45, 7) is 8.78. The van der Waals surface area contributed by atoms with Gasteiger partial charge in [0, 0.05) is 44.3 Å². The molecule has 0 aliphatic rings. The molecular formula is C47H42N2O2S2. The van der Waals surface area contributed by atoms with Crippen LogP contribution in [0.25, 0.3) is 31.3 Å². The van der Waals surface area contributed by atoms with E-state index in [1.165, 1.54) is 42.4 Å². The van der Waals surface area contributed by atoms with Crippen LogP contribution in [0, 0.1) is 26.2 Å². The third-order valence-electron chi connectivity index (χ3n) is 9.13. The van der Waals surface area contributed by atoms with E-state index in [0.29, 0.717) is 13.2 Å². The summed E-state index contributed by atoms with van der Waals surface area (Å²) >= 11 is 3.64. The summed E-state index contributed by atoms with van der Waals surface area (Å²) in [7, 11) is 0. The second-order valence-corrected chi connectivity index (χ2v) is 15.1. The van der Waals surface area contributed by atoms with Gasteiger partial charge in [0.2, 0.25) is 0 Å². The molecule has 6 heteroatoms. The van der Waals surface area contributed by atoms with Crippen LogP contribution in [0.3, 0.4) is 0 Å². The first kappa shape index (κ1) is 36.0. The van der Waals surface area contributed by atoms with Crippen LogP contribution in [0.15, 0.2) is 145 Å². The number of benzene rings is 5. The molecule has 1 N–H and O–H groups in total. The molecule has 0 saturated heterocycles. The normalized spacial score (nSPS) is 12.4. The lowest BCUT2D eigenvalue weighted by Gasteiger charge is -2.25. The first-order valence-corrected chi connectivity index (χ1v) is 19.4. The Bertz CT molecular complexity index is 2440. The number of aliphatic hydroxyl groups is 1. The fourth-order valence-electron chi connectivity index (χ4n) is 6.49. The lowest BCUT2D eigenvalue weighted by Crippen LogP contribution is -2.14. The highest BCUT2D eigenvalue weighted by molar-refractivity contribution is 7.28. The zero-order valence-corrected chi connectivity index (χ0v) is 32.0. The van der Waals surface area contributed by atoms with Crippen molar-refractivity contribution < 1.29 is 9.84 Å². The zero-order valence-electron chi connectivity index (χ0n) is 30.4. The number of aliphatic hydroxyl groups excluding tert-OH is 1. The van der Waals surface area contributed by atoms with Crippen LogP contribution >= 0.6 is 22.7 Å². The smallest absolute Gasteiger partial charge is 0.109 e. The Kier molecular flexibility index (Phi) is 10.9. The molecule has 0 radical (unpaired) electrons. The van der Waals surface area contributed by atoms with E-state index in [9.17, 15) is 5.11 Å². The summed E-state index contributed by atoms with van der Waals surface area (Å²) in [6, 6.07) is 43.4. The highest BCUT2D eigenvalue weighted by Crippen LogP contribution is 2.54. The molecule has 0 aliphatic carbocycles. The molecule has 2 aromatic heterocycles. The van der Waals surface area contributed by atoms with Gasteiger partial charge < -0.3 is 19.6 Å². The third kappa shape index (κ3) is 7.57. The molecule has 264 valence electrons. The van der Waals surface area contributed by atoms with Crippen molar-refractivity contribution in [3.05, 3.63) is 162 Å². The fraction of sp³-hybridized carbons (Fsp3) is 0.149. The maximum absolute atomic E-state index is 9.66. The van der Waals surface area contributed by atoms with Gasteiger partial charge in [-0.1, -0.05) is 108 Å². The minimum absolute atomic E-state index is 0.306. The van der Waals surface area contributed by atoms with Crippen molar-refractivity contribution in [2.75, 3.05) is 16.4 Å². The van der Waals surface area contributed by atoms with Crippen LogP contribution in [0.4, 0.5) is 27.1 Å². The van der Waals surface area contributed by atoms with Crippen molar-refractivity contribution in [2.24, 2.45) is 0 Å². The van der Waals surface area contributed by atoms with Crippen molar-refractivity contribution in [1.29, 1.82) is 0 Å². The fourth-order valence-corrected chi connectivity index (χ4v) is 9.29. The van der Waals surface area contributed by atoms with Crippen molar-refractivity contribution in [3.8, 4) is 22.1 Å². The van der Waals surface area contributed by atoms with Crippen molar-refractivity contribution >= 4 is 71.3 Å². The molecule has 1 unspecified atom stereocenters. The van der Waals surface area contributed by atoms with Crippen molar-refractivity contribution in [3.63, 3.8) is 0 Å². The summed E-state index contributed by atoms with van der Waals surface area (Å²) in [4.78, 5) is 7.15. The first-order chi connectivity index (χ1) is 25.9. The Balaban J connectivity index is 1.41. The topological polar surface area (TPSA) is 35.9 Å². The Labute approximate surface area is 320 Å². The number of ether oxygens (including phenoxy) is 1. The minimum atomic E-state index is -0.495. The van der Waals surface area contributed by atoms with Crippen molar-refractivity contribution in [2.45, 2.75) is 40.4 Å². The van der Waals surface area contributed by atoms with E-state index in [2.05, 4.69) is 164 Å². The number of anilines is 5. The number of rotatable bonds is 12. The van der Waals surface area contributed by atoms with E-state index >= 15 is 0 Å². The third-order valence-corrected chi connectivity index (χ3v) is 11.7. The number of thiophene rings is 2. The standard InChI is InChI=1S/C47H42N2O2S2/c1-6-8-13-36(7-2)48(37-24-18-32(3)19-25-37)46-42-16-11-9-14-40(42)44(52-46)45-41-15-10-12-17-43(41)47(53-45)49(38-26-20-33(4)21-27-38)39-28-22-35(23-29-39)31-51-30-34(5)50/h1,7-29,34,50H,30-31H2,2-5H3/b13-8-,36-7+. The van der Waals surface area contributed by atoms with Crippen LogP contribution in [-0.4, -0.2) is 17.8 Å². The zero-order chi connectivity index (χ0) is 36.9. The lowest BCUT2D eigenvalue weighted by molar-refractivity contribution is 0.0376. The molecule has 5 aromatic carbocycles. The second kappa shape index (κ2) is 16.1. The molecule has 0 fully saturated rings. The van der Waals surface area contributed by atoms with E-state index in [0.717, 1.165) is 38.3 Å². The van der Waals surface area contributed by atoms with Gasteiger partial charge in [-0.2, -0.15) is 0 Å². The number of hydrogen-bond donors (Lipinski definition) is 1. The van der Waals surface area contributed by atoms with Gasteiger partial charge in [-0.3, -0.25) is 0 Å². The summed E-state index contributed by atoms with van der Waals surface area (Å²) in [5.41, 5.74) is 7.71. The van der Waals surface area contributed by atoms with E-state index < -0.39 is 6.10 Å². The summed E-state index contributed by atoms with van der Waals surface area (Å²) < 4.78 is 5.72. The van der Waals surface area contributed by atoms with Crippen LogP contribution in [0.1, 0.15) is 30.5 Å². The first-order valence-electron chi connectivity index (χ1n) is 17.8. The monoisotopic (exact) mass is 730 g/mol. The molecule has 0 spiro atoms. The molecule has 0 aliphatic heterocycles. The van der Waals surface area contributed by atoms with E-state index in [4.69, 9.17) is 11.2 Å². The summed E-state index contributed by atoms with van der Waals surface area (Å²) in [5, 5.41) is 16.8. The molecule has 4 nitrogen and oxygen atoms in total. The molecule has 1 atom stereocenters. The van der Waals surface area contributed by atoms with Gasteiger partial charge >= 0.3 is 0 Å². The molecule has 7 rings (SSSR count).